The fourth-order valence-corrected chi connectivity index (χ4v) is 4.51. The van der Waals surface area contributed by atoms with Crippen molar-refractivity contribution in [3.8, 4) is 6.07 Å². The molecule has 130 valence electrons. The average Bonchev–Trinajstić information content (AvgIpc) is 2.64. The molecule has 2 heterocycles. The molecule has 0 radical (unpaired) electrons. The summed E-state index contributed by atoms with van der Waals surface area (Å²) in [6.07, 6.45) is 1.54. The average molecular weight is 356 g/mol. The van der Waals surface area contributed by atoms with Crippen molar-refractivity contribution < 1.29 is 8.42 Å². The Morgan fingerprint density at radius 3 is 2.44 bits per heavy atom. The summed E-state index contributed by atoms with van der Waals surface area (Å²) in [4.78, 5) is 6.32. The number of hydrogen-bond donors (Lipinski definition) is 0. The van der Waals surface area contributed by atoms with Crippen molar-refractivity contribution in [2.24, 2.45) is 0 Å². The molecule has 0 spiro atoms. The van der Waals surface area contributed by atoms with Crippen molar-refractivity contribution in [2.45, 2.75) is 12.7 Å². The number of anilines is 1. The van der Waals surface area contributed by atoms with Crippen molar-refractivity contribution in [3.05, 3.63) is 59.3 Å². The maximum atomic E-state index is 12.7. The lowest BCUT2D eigenvalue weighted by Crippen LogP contribution is -2.49. The van der Waals surface area contributed by atoms with Crippen LogP contribution < -0.4 is 4.90 Å². The van der Waals surface area contributed by atoms with E-state index in [-0.39, 0.29) is 5.75 Å². The zero-order chi connectivity index (χ0) is 17.9. The molecule has 1 saturated heterocycles. The third-order valence-corrected chi connectivity index (χ3v) is 6.26. The fraction of sp³-hybridized carbons (Fsp3) is 0.333. The van der Waals surface area contributed by atoms with Crippen LogP contribution in [0.25, 0.3) is 0 Å². The smallest absolute Gasteiger partial charge is 0.218 e. The highest BCUT2D eigenvalue weighted by molar-refractivity contribution is 7.88. The van der Waals surface area contributed by atoms with E-state index in [1.165, 1.54) is 6.20 Å². The first-order valence-electron chi connectivity index (χ1n) is 8.13. The standard InChI is InChI=1S/C18H20N4O2S/c1-15-4-2-3-5-17(15)14-25(23,24)22-10-8-21(9-11-22)18-7-6-16(12-19)13-20-18/h2-7,13H,8-11,14H2,1H3. The quantitative estimate of drug-likeness (QED) is 0.836. The summed E-state index contributed by atoms with van der Waals surface area (Å²) in [6, 6.07) is 13.1. The van der Waals surface area contributed by atoms with E-state index in [0.717, 1.165) is 16.9 Å². The van der Waals surface area contributed by atoms with Crippen molar-refractivity contribution >= 4 is 15.8 Å². The maximum Gasteiger partial charge on any atom is 0.218 e. The van der Waals surface area contributed by atoms with Gasteiger partial charge in [0.15, 0.2) is 0 Å². The Bertz CT molecular complexity index is 880. The van der Waals surface area contributed by atoms with Crippen LogP contribution in [0.15, 0.2) is 42.6 Å². The molecular weight excluding hydrogens is 336 g/mol. The van der Waals surface area contributed by atoms with Crippen LogP contribution in [0.2, 0.25) is 0 Å². The van der Waals surface area contributed by atoms with Gasteiger partial charge in [0.25, 0.3) is 0 Å². The summed E-state index contributed by atoms with van der Waals surface area (Å²) in [5.41, 5.74) is 2.35. The van der Waals surface area contributed by atoms with E-state index >= 15 is 0 Å². The van der Waals surface area contributed by atoms with Gasteiger partial charge >= 0.3 is 0 Å². The van der Waals surface area contributed by atoms with Crippen molar-refractivity contribution in [1.29, 1.82) is 5.26 Å². The van der Waals surface area contributed by atoms with E-state index in [1.807, 2.05) is 42.2 Å². The Hall–Kier alpha value is -2.43. The van der Waals surface area contributed by atoms with Crippen LogP contribution in [0.4, 0.5) is 5.82 Å². The number of nitrogens with zero attached hydrogens (tertiary/aromatic N) is 4. The Morgan fingerprint density at radius 1 is 1.12 bits per heavy atom. The number of benzene rings is 1. The Morgan fingerprint density at radius 2 is 1.84 bits per heavy atom. The minimum Gasteiger partial charge on any atom is -0.354 e. The van der Waals surface area contributed by atoms with Crippen LogP contribution in [-0.4, -0.2) is 43.9 Å². The molecule has 0 unspecified atom stereocenters. The van der Waals surface area contributed by atoms with Crippen LogP contribution >= 0.6 is 0 Å². The molecule has 1 aromatic carbocycles. The van der Waals surface area contributed by atoms with E-state index in [1.54, 1.807) is 16.4 Å². The number of nitriles is 1. The molecule has 0 bridgehead atoms. The molecule has 1 aliphatic rings. The Balaban J connectivity index is 1.65. The second kappa shape index (κ2) is 7.21. The molecule has 0 amide bonds. The molecule has 2 aromatic rings. The molecule has 1 aromatic heterocycles. The zero-order valence-corrected chi connectivity index (χ0v) is 14.9. The highest BCUT2D eigenvalue weighted by Crippen LogP contribution is 2.19. The number of sulfonamides is 1. The van der Waals surface area contributed by atoms with Gasteiger partial charge in [0.05, 0.1) is 11.3 Å². The minimum absolute atomic E-state index is 0.0365. The molecule has 1 aliphatic heterocycles. The number of rotatable bonds is 4. The predicted octanol–water partition coefficient (Wildman–Crippen LogP) is 1.91. The normalized spacial score (nSPS) is 15.8. The van der Waals surface area contributed by atoms with Gasteiger partial charge in [-0.2, -0.15) is 9.57 Å². The van der Waals surface area contributed by atoms with E-state index in [0.29, 0.717) is 31.7 Å². The number of pyridine rings is 1. The lowest BCUT2D eigenvalue weighted by molar-refractivity contribution is 0.383. The van der Waals surface area contributed by atoms with Crippen LogP contribution in [0, 0.1) is 18.3 Å². The molecular formula is C18H20N4O2S. The first kappa shape index (κ1) is 17.4. The summed E-state index contributed by atoms with van der Waals surface area (Å²) in [5.74, 6) is 0.810. The van der Waals surface area contributed by atoms with Gasteiger partial charge in [0.1, 0.15) is 11.9 Å². The molecule has 7 heteroatoms. The van der Waals surface area contributed by atoms with Crippen LogP contribution in [0.5, 0.6) is 0 Å². The summed E-state index contributed by atoms with van der Waals surface area (Å²) in [7, 11) is -3.33. The van der Waals surface area contributed by atoms with Crippen molar-refractivity contribution in [1.82, 2.24) is 9.29 Å². The van der Waals surface area contributed by atoms with E-state index < -0.39 is 10.0 Å². The van der Waals surface area contributed by atoms with E-state index in [4.69, 9.17) is 5.26 Å². The van der Waals surface area contributed by atoms with Crippen LogP contribution in [-0.2, 0) is 15.8 Å². The number of hydrogen-bond acceptors (Lipinski definition) is 5. The number of aryl methyl sites for hydroxylation is 1. The molecule has 25 heavy (non-hydrogen) atoms. The number of piperazine rings is 1. The second-order valence-electron chi connectivity index (χ2n) is 6.09. The van der Waals surface area contributed by atoms with Gasteiger partial charge in [-0.15, -0.1) is 0 Å². The van der Waals surface area contributed by atoms with Crippen molar-refractivity contribution in [3.63, 3.8) is 0 Å². The van der Waals surface area contributed by atoms with Crippen LogP contribution in [0.1, 0.15) is 16.7 Å². The molecule has 0 saturated carbocycles. The first-order chi connectivity index (χ1) is 12.0. The Kier molecular flexibility index (Phi) is 5.02. The molecule has 0 N–H and O–H groups in total. The number of aromatic nitrogens is 1. The summed E-state index contributed by atoms with van der Waals surface area (Å²) < 4.78 is 26.9. The monoisotopic (exact) mass is 356 g/mol. The molecule has 6 nitrogen and oxygen atoms in total. The fourth-order valence-electron chi connectivity index (χ4n) is 2.89. The van der Waals surface area contributed by atoms with Gasteiger partial charge in [-0.25, -0.2) is 13.4 Å². The topological polar surface area (TPSA) is 77.3 Å². The van der Waals surface area contributed by atoms with Gasteiger partial charge in [0, 0.05) is 32.4 Å². The molecule has 0 atom stereocenters. The SMILES string of the molecule is Cc1ccccc1CS(=O)(=O)N1CCN(c2ccc(C#N)cn2)CC1. The molecule has 0 aliphatic carbocycles. The lowest BCUT2D eigenvalue weighted by atomic mass is 10.1. The van der Waals surface area contributed by atoms with Gasteiger partial charge < -0.3 is 4.90 Å². The van der Waals surface area contributed by atoms with Gasteiger partial charge in [-0.1, -0.05) is 24.3 Å². The minimum atomic E-state index is -3.33. The lowest BCUT2D eigenvalue weighted by Gasteiger charge is -2.34. The predicted molar refractivity (Wildman–Crippen MR) is 96.5 cm³/mol. The zero-order valence-electron chi connectivity index (χ0n) is 14.1. The maximum absolute atomic E-state index is 12.7. The second-order valence-corrected chi connectivity index (χ2v) is 8.05. The van der Waals surface area contributed by atoms with E-state index in [9.17, 15) is 8.42 Å². The summed E-state index contributed by atoms with van der Waals surface area (Å²) >= 11 is 0. The Labute approximate surface area is 148 Å². The van der Waals surface area contributed by atoms with Crippen LogP contribution in [0.3, 0.4) is 0 Å². The molecule has 3 rings (SSSR count). The molecule has 1 fully saturated rings. The van der Waals surface area contributed by atoms with Gasteiger partial charge in [-0.05, 0) is 30.2 Å². The summed E-state index contributed by atoms with van der Waals surface area (Å²) in [6.45, 7) is 3.99. The largest absolute Gasteiger partial charge is 0.354 e. The van der Waals surface area contributed by atoms with E-state index in [2.05, 4.69) is 4.98 Å². The van der Waals surface area contributed by atoms with Gasteiger partial charge in [-0.3, -0.25) is 0 Å². The highest BCUT2D eigenvalue weighted by Gasteiger charge is 2.27. The highest BCUT2D eigenvalue weighted by atomic mass is 32.2. The summed E-state index contributed by atoms with van der Waals surface area (Å²) in [5, 5.41) is 8.83. The third kappa shape index (κ3) is 3.98. The third-order valence-electron chi connectivity index (χ3n) is 4.43. The first-order valence-corrected chi connectivity index (χ1v) is 9.74. The van der Waals surface area contributed by atoms with Crippen molar-refractivity contribution in [2.75, 3.05) is 31.1 Å². The van der Waals surface area contributed by atoms with Gasteiger partial charge in [0.2, 0.25) is 10.0 Å².